The van der Waals surface area contributed by atoms with E-state index in [9.17, 15) is 4.79 Å². The molecule has 0 amide bonds. The number of nitrogens with zero attached hydrogens (tertiary/aromatic N) is 1. The third kappa shape index (κ3) is 3.82. The number of pyridine rings is 1. The van der Waals surface area contributed by atoms with Crippen molar-refractivity contribution in [3.63, 3.8) is 0 Å². The zero-order chi connectivity index (χ0) is 15.2. The van der Waals surface area contributed by atoms with E-state index in [2.05, 4.69) is 48.0 Å². The van der Waals surface area contributed by atoms with Crippen LogP contribution in [-0.2, 0) is 13.0 Å². The lowest BCUT2D eigenvalue weighted by Gasteiger charge is -2.13. The van der Waals surface area contributed by atoms with Crippen molar-refractivity contribution in [2.24, 2.45) is 0 Å². The Morgan fingerprint density at radius 3 is 2.48 bits per heavy atom. The summed E-state index contributed by atoms with van der Waals surface area (Å²) in [6.07, 6.45) is 4.06. The molecule has 1 heterocycles. The van der Waals surface area contributed by atoms with Gasteiger partial charge in [-0.3, -0.25) is 4.79 Å². The molecule has 0 saturated carbocycles. The number of hydrogen-bond acceptors (Lipinski definition) is 2. The molecule has 3 heteroatoms. The smallest absolute Gasteiger partial charge is 0.186 e. The molecule has 0 aliphatic rings. The summed E-state index contributed by atoms with van der Waals surface area (Å²) in [6.45, 7) is 7.80. The van der Waals surface area contributed by atoms with Crippen molar-refractivity contribution in [2.45, 2.75) is 40.2 Å². The zero-order valence-electron chi connectivity index (χ0n) is 13.1. The maximum absolute atomic E-state index is 12.1. The minimum atomic E-state index is 0.109. The van der Waals surface area contributed by atoms with Crippen LogP contribution in [0.1, 0.15) is 37.1 Å². The Kier molecular flexibility index (Phi) is 5.34. The van der Waals surface area contributed by atoms with E-state index in [0.29, 0.717) is 6.54 Å². The summed E-state index contributed by atoms with van der Waals surface area (Å²) in [5.74, 6) is 0. The monoisotopic (exact) mass is 284 g/mol. The highest BCUT2D eigenvalue weighted by molar-refractivity contribution is 5.37. The molecule has 1 aromatic carbocycles. The van der Waals surface area contributed by atoms with E-state index in [1.807, 2.05) is 13.1 Å². The Morgan fingerprint density at radius 2 is 1.86 bits per heavy atom. The molecule has 0 radical (unpaired) electrons. The predicted molar refractivity (Wildman–Crippen MR) is 88.2 cm³/mol. The Balaban J connectivity index is 2.33. The molecule has 0 fully saturated rings. The van der Waals surface area contributed by atoms with Crippen molar-refractivity contribution in [1.29, 1.82) is 0 Å². The van der Waals surface area contributed by atoms with E-state index >= 15 is 0 Å². The van der Waals surface area contributed by atoms with Crippen LogP contribution in [0.3, 0.4) is 0 Å². The molecule has 2 aromatic rings. The minimum Gasteiger partial charge on any atom is -0.321 e. The summed E-state index contributed by atoms with van der Waals surface area (Å²) in [5, 5.41) is 3.30. The number of hydrogen-bond donors (Lipinski definition) is 1. The van der Waals surface area contributed by atoms with Crippen LogP contribution in [0.25, 0.3) is 5.69 Å². The van der Waals surface area contributed by atoms with Gasteiger partial charge in [-0.1, -0.05) is 26.0 Å². The Labute approximate surface area is 126 Å². The van der Waals surface area contributed by atoms with Crippen molar-refractivity contribution in [3.05, 3.63) is 63.6 Å². The fourth-order valence-electron chi connectivity index (χ4n) is 2.38. The summed E-state index contributed by atoms with van der Waals surface area (Å²) in [6, 6.07) is 10.2. The van der Waals surface area contributed by atoms with Crippen molar-refractivity contribution in [3.8, 4) is 5.69 Å². The van der Waals surface area contributed by atoms with Gasteiger partial charge in [-0.05, 0) is 44.0 Å². The van der Waals surface area contributed by atoms with Gasteiger partial charge >= 0.3 is 0 Å². The van der Waals surface area contributed by atoms with E-state index in [1.165, 1.54) is 5.56 Å². The molecule has 3 nitrogen and oxygen atoms in total. The average molecular weight is 284 g/mol. The van der Waals surface area contributed by atoms with Crippen molar-refractivity contribution < 1.29 is 0 Å². The van der Waals surface area contributed by atoms with E-state index in [4.69, 9.17) is 0 Å². The second kappa shape index (κ2) is 7.23. The first-order valence-corrected chi connectivity index (χ1v) is 7.68. The SMILES string of the molecule is CCCNCc1cn(-c2ccc(CC)cc2)c(C)cc1=O. The number of aryl methyl sites for hydroxylation is 2. The molecule has 1 aromatic heterocycles. The highest BCUT2D eigenvalue weighted by Crippen LogP contribution is 2.13. The number of benzene rings is 1. The van der Waals surface area contributed by atoms with Gasteiger partial charge in [0.15, 0.2) is 5.43 Å². The first-order chi connectivity index (χ1) is 10.2. The number of nitrogens with one attached hydrogen (secondary N) is 1. The lowest BCUT2D eigenvalue weighted by atomic mass is 10.1. The maximum atomic E-state index is 12.1. The molecule has 2 rings (SSSR count). The normalized spacial score (nSPS) is 10.8. The first-order valence-electron chi connectivity index (χ1n) is 7.68. The zero-order valence-corrected chi connectivity index (χ0v) is 13.1. The minimum absolute atomic E-state index is 0.109. The van der Waals surface area contributed by atoms with Gasteiger partial charge in [-0.15, -0.1) is 0 Å². The predicted octanol–water partition coefficient (Wildman–Crippen LogP) is 3.21. The van der Waals surface area contributed by atoms with Crippen LogP contribution in [0.4, 0.5) is 0 Å². The van der Waals surface area contributed by atoms with Gasteiger partial charge in [-0.25, -0.2) is 0 Å². The average Bonchev–Trinajstić information content (AvgIpc) is 2.50. The lowest BCUT2D eigenvalue weighted by molar-refractivity contribution is 0.668. The molecule has 0 unspecified atom stereocenters. The third-order valence-electron chi connectivity index (χ3n) is 3.69. The molecule has 0 aliphatic heterocycles. The summed E-state index contributed by atoms with van der Waals surface area (Å²) >= 11 is 0. The molecule has 1 N–H and O–H groups in total. The van der Waals surface area contributed by atoms with Crippen LogP contribution in [0.5, 0.6) is 0 Å². The highest BCUT2D eigenvalue weighted by atomic mass is 16.1. The number of rotatable bonds is 6. The quantitative estimate of drug-likeness (QED) is 0.827. The molecule has 0 spiro atoms. The molecule has 0 bridgehead atoms. The standard InChI is InChI=1S/C18H24N2O/c1-4-10-19-12-16-13-20(14(3)11-18(16)21)17-8-6-15(5-2)7-9-17/h6-9,11,13,19H,4-5,10,12H2,1-3H3. The molecule has 0 aliphatic carbocycles. The largest absolute Gasteiger partial charge is 0.321 e. The van der Waals surface area contributed by atoms with E-state index in [-0.39, 0.29) is 5.43 Å². The topological polar surface area (TPSA) is 34.0 Å². The second-order valence-corrected chi connectivity index (χ2v) is 5.37. The van der Waals surface area contributed by atoms with Crippen molar-refractivity contribution >= 4 is 0 Å². The van der Waals surface area contributed by atoms with Crippen molar-refractivity contribution in [2.75, 3.05) is 6.54 Å². The summed E-state index contributed by atoms with van der Waals surface area (Å²) in [7, 11) is 0. The summed E-state index contributed by atoms with van der Waals surface area (Å²) < 4.78 is 2.09. The fourth-order valence-corrected chi connectivity index (χ4v) is 2.38. The molecular weight excluding hydrogens is 260 g/mol. The van der Waals surface area contributed by atoms with Gasteiger partial charge in [0.2, 0.25) is 0 Å². The van der Waals surface area contributed by atoms with Gasteiger partial charge in [0.1, 0.15) is 0 Å². The molecule has 112 valence electrons. The summed E-state index contributed by atoms with van der Waals surface area (Å²) in [5.41, 5.74) is 4.30. The highest BCUT2D eigenvalue weighted by Gasteiger charge is 2.05. The van der Waals surface area contributed by atoms with E-state index in [0.717, 1.165) is 36.3 Å². The first kappa shape index (κ1) is 15.5. The van der Waals surface area contributed by atoms with Gasteiger partial charge in [0.25, 0.3) is 0 Å². The van der Waals surface area contributed by atoms with Gasteiger partial charge in [0, 0.05) is 35.8 Å². The Morgan fingerprint density at radius 1 is 1.14 bits per heavy atom. The Hall–Kier alpha value is -1.87. The fraction of sp³-hybridized carbons (Fsp3) is 0.389. The van der Waals surface area contributed by atoms with E-state index in [1.54, 1.807) is 6.07 Å². The summed E-state index contributed by atoms with van der Waals surface area (Å²) in [4.78, 5) is 12.1. The molecule has 21 heavy (non-hydrogen) atoms. The molecule has 0 atom stereocenters. The van der Waals surface area contributed by atoms with Crippen LogP contribution in [0.2, 0.25) is 0 Å². The van der Waals surface area contributed by atoms with Gasteiger partial charge < -0.3 is 9.88 Å². The molecule has 0 saturated heterocycles. The van der Waals surface area contributed by atoms with Gasteiger partial charge in [-0.2, -0.15) is 0 Å². The molecular formula is C18H24N2O. The van der Waals surface area contributed by atoms with Crippen LogP contribution in [0, 0.1) is 6.92 Å². The van der Waals surface area contributed by atoms with Crippen LogP contribution < -0.4 is 10.7 Å². The van der Waals surface area contributed by atoms with Crippen LogP contribution >= 0.6 is 0 Å². The van der Waals surface area contributed by atoms with Gasteiger partial charge in [0.05, 0.1) is 0 Å². The van der Waals surface area contributed by atoms with Crippen LogP contribution in [0.15, 0.2) is 41.3 Å². The third-order valence-corrected chi connectivity index (χ3v) is 3.69. The van der Waals surface area contributed by atoms with Crippen molar-refractivity contribution in [1.82, 2.24) is 9.88 Å². The number of aromatic nitrogens is 1. The lowest BCUT2D eigenvalue weighted by Crippen LogP contribution is -2.22. The maximum Gasteiger partial charge on any atom is 0.186 e. The van der Waals surface area contributed by atoms with Crippen LogP contribution in [-0.4, -0.2) is 11.1 Å². The van der Waals surface area contributed by atoms with E-state index < -0.39 is 0 Å². The Bertz CT molecular complexity index is 641. The second-order valence-electron chi connectivity index (χ2n) is 5.37.